The van der Waals surface area contributed by atoms with E-state index in [1.807, 2.05) is 12.1 Å². The molecule has 0 bridgehead atoms. The van der Waals surface area contributed by atoms with Crippen molar-refractivity contribution in [3.05, 3.63) is 216 Å². The molecular weight excluding hydrogens is 669 g/mol. The predicted molar refractivity (Wildman–Crippen MR) is 225 cm³/mol. The number of hydrogen-bond donors (Lipinski definition) is 0. The van der Waals surface area contributed by atoms with Gasteiger partial charge in [0.1, 0.15) is 22.7 Å². The molecule has 2 heteroatoms. The second-order valence-corrected chi connectivity index (χ2v) is 14.7. The van der Waals surface area contributed by atoms with Crippen molar-refractivity contribution in [1.82, 2.24) is 0 Å². The first-order valence-electron chi connectivity index (χ1n) is 18.9. The zero-order chi connectivity index (χ0) is 36.1. The van der Waals surface area contributed by atoms with Crippen molar-refractivity contribution in [2.75, 3.05) is 0 Å². The molecule has 1 aliphatic heterocycles. The molecule has 2 aliphatic rings. The van der Waals surface area contributed by atoms with Gasteiger partial charge in [-0.15, -0.1) is 0 Å². The molecule has 0 N–H and O–H groups in total. The lowest BCUT2D eigenvalue weighted by atomic mass is 9.67. The van der Waals surface area contributed by atoms with Gasteiger partial charge >= 0.3 is 0 Å². The molecule has 0 fully saturated rings. The summed E-state index contributed by atoms with van der Waals surface area (Å²) in [5, 5.41) is 4.55. The first-order chi connectivity index (χ1) is 27.3. The highest BCUT2D eigenvalue weighted by atomic mass is 16.5. The van der Waals surface area contributed by atoms with Gasteiger partial charge in [0.2, 0.25) is 0 Å². The van der Waals surface area contributed by atoms with Crippen LogP contribution >= 0.6 is 0 Å². The summed E-state index contributed by atoms with van der Waals surface area (Å²) in [5.41, 5.74) is 16.0. The maximum atomic E-state index is 6.75. The first-order valence-corrected chi connectivity index (χ1v) is 18.9. The van der Waals surface area contributed by atoms with Crippen LogP contribution in [-0.4, -0.2) is 0 Å². The Morgan fingerprint density at radius 1 is 0.345 bits per heavy atom. The van der Waals surface area contributed by atoms with Gasteiger partial charge in [0.05, 0.1) is 5.41 Å². The highest BCUT2D eigenvalue weighted by molar-refractivity contribution is 6.18. The van der Waals surface area contributed by atoms with Gasteiger partial charge in [0.25, 0.3) is 0 Å². The number of furan rings is 1. The molecule has 2 heterocycles. The third-order valence-corrected chi connectivity index (χ3v) is 12.0. The number of benzene rings is 9. The van der Waals surface area contributed by atoms with E-state index in [1.165, 1.54) is 44.5 Å². The molecule has 0 spiro atoms. The molecule has 0 radical (unpaired) electrons. The van der Waals surface area contributed by atoms with Gasteiger partial charge in [0.15, 0.2) is 0 Å². The van der Waals surface area contributed by atoms with Gasteiger partial charge in [-0.25, -0.2) is 0 Å². The normalized spacial score (nSPS) is 13.4. The fourth-order valence-electron chi connectivity index (χ4n) is 9.77. The predicted octanol–water partition coefficient (Wildman–Crippen LogP) is 14.2. The Labute approximate surface area is 318 Å². The van der Waals surface area contributed by atoms with Gasteiger partial charge in [-0.1, -0.05) is 164 Å². The molecule has 9 aromatic carbocycles. The quantitative estimate of drug-likeness (QED) is 0.182. The third kappa shape index (κ3) is 4.14. The lowest BCUT2D eigenvalue weighted by Gasteiger charge is -2.34. The fraction of sp³-hybridized carbons (Fsp3) is 0.0189. The van der Waals surface area contributed by atoms with Crippen LogP contribution in [0.2, 0.25) is 0 Å². The van der Waals surface area contributed by atoms with Crippen molar-refractivity contribution in [2.45, 2.75) is 5.41 Å². The van der Waals surface area contributed by atoms with Gasteiger partial charge in [-0.2, -0.15) is 0 Å². The van der Waals surface area contributed by atoms with Gasteiger partial charge in [0, 0.05) is 21.7 Å². The molecule has 10 aromatic rings. The van der Waals surface area contributed by atoms with Crippen molar-refractivity contribution in [3.8, 4) is 56.0 Å². The van der Waals surface area contributed by atoms with Crippen LogP contribution in [0.1, 0.15) is 22.3 Å². The molecule has 0 saturated carbocycles. The van der Waals surface area contributed by atoms with E-state index in [-0.39, 0.29) is 0 Å². The molecule has 12 rings (SSSR count). The van der Waals surface area contributed by atoms with Crippen molar-refractivity contribution in [3.63, 3.8) is 0 Å². The average molecular weight is 701 g/mol. The van der Waals surface area contributed by atoms with Gasteiger partial charge in [-0.05, 0) is 96.9 Å². The topological polar surface area (TPSA) is 22.4 Å². The SMILES string of the molecule is c1ccc(C2(c3ccccc3)c3ccccc3-c3c(-c4ccc5c(c4)-c4cccc6c(-c7cccc8oc9ccccc9c78)ccc(c46)O5)cccc32)cc1. The molecule has 256 valence electrons. The Balaban J connectivity index is 1.07. The maximum absolute atomic E-state index is 6.75. The maximum Gasteiger partial charge on any atom is 0.136 e. The highest BCUT2D eigenvalue weighted by Gasteiger charge is 2.46. The summed E-state index contributed by atoms with van der Waals surface area (Å²) in [5.74, 6) is 1.75. The third-order valence-electron chi connectivity index (χ3n) is 12.0. The van der Waals surface area contributed by atoms with Crippen molar-refractivity contribution in [2.24, 2.45) is 0 Å². The van der Waals surface area contributed by atoms with Crippen LogP contribution in [0, 0.1) is 0 Å². The van der Waals surface area contributed by atoms with E-state index >= 15 is 0 Å². The molecule has 2 nitrogen and oxygen atoms in total. The van der Waals surface area contributed by atoms with Crippen molar-refractivity contribution < 1.29 is 9.15 Å². The summed E-state index contributed by atoms with van der Waals surface area (Å²) in [6.07, 6.45) is 0. The standard InChI is InChI=1S/C53H32O2/c1-3-14-34(15-4-1)53(35-16-5-2-6-17-35)44-24-9-7-18-41(44)50-36(20-12-25-45(50)53)33-28-30-47-43(32-33)40-22-11-21-38-37(29-31-49(55-47)51(38)40)39-23-13-27-48-52(39)42-19-8-10-26-46(42)54-48/h1-32H. The van der Waals surface area contributed by atoms with E-state index in [1.54, 1.807) is 0 Å². The van der Waals surface area contributed by atoms with Crippen LogP contribution in [-0.2, 0) is 5.41 Å². The Hall–Kier alpha value is -7.16. The van der Waals surface area contributed by atoms with E-state index in [2.05, 4.69) is 182 Å². The molecule has 0 saturated heterocycles. The molecule has 1 aromatic heterocycles. The Morgan fingerprint density at radius 2 is 0.945 bits per heavy atom. The summed E-state index contributed by atoms with van der Waals surface area (Å²) in [6.45, 7) is 0. The monoisotopic (exact) mass is 700 g/mol. The number of rotatable bonds is 4. The Morgan fingerprint density at radius 3 is 1.78 bits per heavy atom. The van der Waals surface area contributed by atoms with E-state index in [0.29, 0.717) is 0 Å². The van der Waals surface area contributed by atoms with E-state index in [4.69, 9.17) is 9.15 Å². The molecule has 55 heavy (non-hydrogen) atoms. The van der Waals surface area contributed by atoms with Gasteiger partial charge in [-0.3, -0.25) is 0 Å². The highest BCUT2D eigenvalue weighted by Crippen LogP contribution is 2.59. The zero-order valence-electron chi connectivity index (χ0n) is 29.8. The second-order valence-electron chi connectivity index (χ2n) is 14.7. The Kier molecular flexibility index (Phi) is 6.29. The van der Waals surface area contributed by atoms with Gasteiger partial charge < -0.3 is 9.15 Å². The molecule has 1 aliphatic carbocycles. The molecule has 0 unspecified atom stereocenters. The number of hydrogen-bond acceptors (Lipinski definition) is 2. The number of para-hydroxylation sites is 1. The van der Waals surface area contributed by atoms with Crippen LogP contribution < -0.4 is 4.74 Å². The lowest BCUT2D eigenvalue weighted by molar-refractivity contribution is 0.487. The first kappa shape index (κ1) is 30.3. The van der Waals surface area contributed by atoms with Crippen molar-refractivity contribution in [1.29, 1.82) is 0 Å². The summed E-state index contributed by atoms with van der Waals surface area (Å²) < 4.78 is 13.1. The average Bonchev–Trinajstić information content (AvgIpc) is 3.79. The second kappa shape index (κ2) is 11.4. The largest absolute Gasteiger partial charge is 0.456 e. The Bertz CT molecular complexity index is 3130. The number of ether oxygens (including phenoxy) is 1. The van der Waals surface area contributed by atoms with Crippen molar-refractivity contribution >= 4 is 32.7 Å². The minimum Gasteiger partial charge on any atom is -0.456 e. The number of fused-ring (bicyclic) bond motifs is 8. The zero-order valence-corrected chi connectivity index (χ0v) is 29.8. The summed E-state index contributed by atoms with van der Waals surface area (Å²) in [4.78, 5) is 0. The molecular formula is C53H32O2. The van der Waals surface area contributed by atoms with Crippen LogP contribution in [0.15, 0.2) is 199 Å². The summed E-state index contributed by atoms with van der Waals surface area (Å²) >= 11 is 0. The van der Waals surface area contributed by atoms with E-state index in [9.17, 15) is 0 Å². The lowest BCUT2D eigenvalue weighted by Crippen LogP contribution is -2.28. The van der Waals surface area contributed by atoms with E-state index in [0.717, 1.165) is 66.5 Å². The van der Waals surface area contributed by atoms with Crippen LogP contribution in [0.25, 0.3) is 77.2 Å². The smallest absolute Gasteiger partial charge is 0.136 e. The minimum absolute atomic E-state index is 0.453. The molecule has 0 amide bonds. The fourth-order valence-corrected chi connectivity index (χ4v) is 9.77. The summed E-state index contributed by atoms with van der Waals surface area (Å²) in [6, 6.07) is 70.2. The van der Waals surface area contributed by atoms with Crippen LogP contribution in [0.3, 0.4) is 0 Å². The minimum atomic E-state index is -0.453. The van der Waals surface area contributed by atoms with Crippen LogP contribution in [0.5, 0.6) is 11.5 Å². The molecule has 0 atom stereocenters. The van der Waals surface area contributed by atoms with Crippen LogP contribution in [0.4, 0.5) is 0 Å². The summed E-state index contributed by atoms with van der Waals surface area (Å²) in [7, 11) is 0. The van der Waals surface area contributed by atoms with E-state index < -0.39 is 5.41 Å².